The zero-order valence-corrected chi connectivity index (χ0v) is 42.0. The molecular formula is C53H97N2O7P. The molecule has 0 saturated heterocycles. The fraction of sp³-hybridized carbons (Fsp3) is 0.755. The maximum absolute atomic E-state index is 12.9. The largest absolute Gasteiger partial charge is 0.756 e. The van der Waals surface area contributed by atoms with Crippen molar-refractivity contribution in [2.24, 2.45) is 0 Å². The molecule has 3 N–H and O–H groups in total. The summed E-state index contributed by atoms with van der Waals surface area (Å²) >= 11 is 0. The van der Waals surface area contributed by atoms with E-state index in [9.17, 15) is 24.5 Å². The second-order valence-electron chi connectivity index (χ2n) is 18.3. The highest BCUT2D eigenvalue weighted by Gasteiger charge is 2.29. The third-order valence-electron chi connectivity index (χ3n) is 11.0. The zero-order valence-electron chi connectivity index (χ0n) is 41.1. The number of aliphatic hydroxyl groups excluding tert-OH is 2. The van der Waals surface area contributed by atoms with Crippen LogP contribution in [0.1, 0.15) is 200 Å². The second-order valence-corrected chi connectivity index (χ2v) is 19.7. The molecule has 0 rings (SSSR count). The molecule has 1 amide bonds. The predicted octanol–water partition coefficient (Wildman–Crippen LogP) is 13.1. The molecular weight excluding hydrogens is 808 g/mol. The lowest BCUT2D eigenvalue weighted by Gasteiger charge is -2.31. The van der Waals surface area contributed by atoms with Gasteiger partial charge < -0.3 is 34.0 Å². The van der Waals surface area contributed by atoms with Crippen molar-refractivity contribution in [2.45, 2.75) is 218 Å². The number of hydrogen-bond donors (Lipinski definition) is 3. The van der Waals surface area contributed by atoms with Gasteiger partial charge in [-0.1, -0.05) is 177 Å². The van der Waals surface area contributed by atoms with Gasteiger partial charge in [0.15, 0.2) is 0 Å². The van der Waals surface area contributed by atoms with E-state index in [4.69, 9.17) is 9.05 Å². The summed E-state index contributed by atoms with van der Waals surface area (Å²) in [5.41, 5.74) is 0. The van der Waals surface area contributed by atoms with E-state index < -0.39 is 32.7 Å². The van der Waals surface area contributed by atoms with E-state index in [-0.39, 0.29) is 18.9 Å². The molecule has 9 nitrogen and oxygen atoms in total. The molecule has 0 radical (unpaired) electrons. The molecule has 0 fully saturated rings. The van der Waals surface area contributed by atoms with Crippen LogP contribution < -0.4 is 10.2 Å². The smallest absolute Gasteiger partial charge is 0.268 e. The lowest BCUT2D eigenvalue weighted by Crippen LogP contribution is -2.51. The average molecular weight is 905 g/mol. The third kappa shape index (κ3) is 44.9. The maximum atomic E-state index is 12.9. The van der Waals surface area contributed by atoms with Crippen molar-refractivity contribution in [3.05, 3.63) is 72.9 Å². The number of rotatable bonds is 45. The number of amides is 1. The van der Waals surface area contributed by atoms with E-state index in [1.807, 2.05) is 21.1 Å². The highest BCUT2D eigenvalue weighted by atomic mass is 31.2. The molecule has 0 aliphatic heterocycles. The van der Waals surface area contributed by atoms with Gasteiger partial charge in [-0.05, 0) is 89.9 Å². The molecule has 0 aromatic rings. The number of phosphoric acid groups is 1. The van der Waals surface area contributed by atoms with Gasteiger partial charge in [-0.2, -0.15) is 0 Å². The van der Waals surface area contributed by atoms with E-state index in [1.54, 1.807) is 0 Å². The minimum atomic E-state index is -4.68. The lowest BCUT2D eigenvalue weighted by atomic mass is 10.0. The van der Waals surface area contributed by atoms with Crippen LogP contribution in [0.5, 0.6) is 0 Å². The van der Waals surface area contributed by atoms with Crippen molar-refractivity contribution in [3.8, 4) is 0 Å². The van der Waals surface area contributed by atoms with Crippen LogP contribution in [0.15, 0.2) is 72.9 Å². The molecule has 0 bridgehead atoms. The molecule has 0 aliphatic carbocycles. The van der Waals surface area contributed by atoms with Crippen LogP contribution in [-0.4, -0.2) is 79.8 Å². The summed E-state index contributed by atoms with van der Waals surface area (Å²) in [4.78, 5) is 25.4. The van der Waals surface area contributed by atoms with Gasteiger partial charge in [-0.25, -0.2) is 0 Å². The van der Waals surface area contributed by atoms with Crippen LogP contribution in [0.4, 0.5) is 0 Å². The maximum Gasteiger partial charge on any atom is 0.268 e. The topological polar surface area (TPSA) is 128 Å². The minimum absolute atomic E-state index is 0.0514. The summed E-state index contributed by atoms with van der Waals surface area (Å²) in [6, 6.07) is -1.10. The Bertz CT molecular complexity index is 1270. The number of allylic oxidation sites excluding steroid dienone is 12. The van der Waals surface area contributed by atoms with Crippen LogP contribution in [0.3, 0.4) is 0 Å². The van der Waals surface area contributed by atoms with Gasteiger partial charge in [0.25, 0.3) is 7.82 Å². The number of quaternary nitrogens is 1. The van der Waals surface area contributed by atoms with Crippen molar-refractivity contribution in [3.63, 3.8) is 0 Å². The van der Waals surface area contributed by atoms with E-state index >= 15 is 0 Å². The SMILES string of the molecule is CC/C=C\C/C=C\C/C=C\C/C=C\CCCCCCCCCCCCCCCCC(=O)NC(COP(=O)([O-])OCC[N+](C)(C)C)C(O)C(O)CCC/C=C/CC/C=C/CCCCC. The van der Waals surface area contributed by atoms with E-state index in [2.05, 4.69) is 92.1 Å². The zero-order chi connectivity index (χ0) is 46.5. The van der Waals surface area contributed by atoms with Gasteiger partial charge in [-0.3, -0.25) is 9.36 Å². The van der Waals surface area contributed by atoms with Gasteiger partial charge in [0.1, 0.15) is 19.3 Å². The summed E-state index contributed by atoms with van der Waals surface area (Å²) in [5.74, 6) is -0.297. The van der Waals surface area contributed by atoms with Crippen molar-refractivity contribution >= 4 is 13.7 Å². The average Bonchev–Trinajstić information content (AvgIpc) is 3.24. The van der Waals surface area contributed by atoms with E-state index in [0.29, 0.717) is 30.3 Å². The Hall–Kier alpha value is -2.10. The fourth-order valence-corrected chi connectivity index (χ4v) is 7.69. The summed E-state index contributed by atoms with van der Waals surface area (Å²) in [6.07, 6.45) is 55.3. The van der Waals surface area contributed by atoms with E-state index in [1.165, 1.54) is 89.9 Å². The fourth-order valence-electron chi connectivity index (χ4n) is 6.97. The van der Waals surface area contributed by atoms with Crippen molar-refractivity contribution in [1.29, 1.82) is 0 Å². The number of nitrogens with one attached hydrogen (secondary N) is 1. The Balaban J connectivity index is 4.29. The summed E-state index contributed by atoms with van der Waals surface area (Å²) in [7, 11) is 1.09. The van der Waals surface area contributed by atoms with Gasteiger partial charge in [0.2, 0.25) is 5.91 Å². The molecule has 10 heteroatoms. The Morgan fingerprint density at radius 2 is 1.02 bits per heavy atom. The Morgan fingerprint density at radius 3 is 1.52 bits per heavy atom. The quantitative estimate of drug-likeness (QED) is 0.0240. The molecule has 366 valence electrons. The predicted molar refractivity (Wildman–Crippen MR) is 266 cm³/mol. The summed E-state index contributed by atoms with van der Waals surface area (Å²) < 4.78 is 23.2. The van der Waals surface area contributed by atoms with Gasteiger partial charge in [-0.15, -0.1) is 0 Å². The molecule has 4 unspecified atom stereocenters. The number of carbonyl (C=O) groups excluding carboxylic acids is 1. The summed E-state index contributed by atoms with van der Waals surface area (Å²) in [6.45, 7) is 4.26. The molecule has 0 heterocycles. The summed E-state index contributed by atoms with van der Waals surface area (Å²) in [5, 5.41) is 24.6. The molecule has 0 aromatic heterocycles. The molecule has 0 aliphatic rings. The first-order valence-electron chi connectivity index (χ1n) is 25.4. The Morgan fingerprint density at radius 1 is 0.587 bits per heavy atom. The van der Waals surface area contributed by atoms with Crippen LogP contribution in [0, 0.1) is 0 Å². The highest BCUT2D eigenvalue weighted by Crippen LogP contribution is 2.38. The van der Waals surface area contributed by atoms with Crippen molar-refractivity contribution in [1.82, 2.24) is 5.32 Å². The first-order valence-corrected chi connectivity index (χ1v) is 26.8. The molecule has 63 heavy (non-hydrogen) atoms. The van der Waals surface area contributed by atoms with Gasteiger partial charge >= 0.3 is 0 Å². The number of aliphatic hydroxyl groups is 2. The lowest BCUT2D eigenvalue weighted by molar-refractivity contribution is -0.870. The molecule has 0 saturated carbocycles. The monoisotopic (exact) mass is 905 g/mol. The minimum Gasteiger partial charge on any atom is -0.756 e. The van der Waals surface area contributed by atoms with Crippen molar-refractivity contribution < 1.29 is 38.0 Å². The number of nitrogens with zero attached hydrogens (tertiary/aromatic N) is 1. The Kier molecular flexibility index (Phi) is 42.3. The van der Waals surface area contributed by atoms with Crippen LogP contribution in [0.2, 0.25) is 0 Å². The third-order valence-corrected chi connectivity index (χ3v) is 12.0. The first kappa shape index (κ1) is 60.9. The first-order chi connectivity index (χ1) is 30.4. The number of hydrogen-bond acceptors (Lipinski definition) is 7. The van der Waals surface area contributed by atoms with E-state index in [0.717, 1.165) is 70.6 Å². The number of phosphoric ester groups is 1. The van der Waals surface area contributed by atoms with Gasteiger partial charge in [0.05, 0.1) is 39.9 Å². The number of unbranched alkanes of at least 4 members (excludes halogenated alkanes) is 19. The standard InChI is InChI=1S/C53H97N2O7P/c1-6-8-10-12-14-16-18-20-21-22-23-24-25-26-27-28-29-30-31-32-33-34-36-38-40-42-44-46-52(57)54-50(49-62-63(59,60)61-48-47-55(3,4)5)53(58)51(56)45-43-41-39-37-35-19-17-15-13-11-9-7-2/h8,10,14-17,20-21,23-24,37,39,50-51,53,56,58H,6-7,9,11-13,18-19,22,25-36,38,40-49H2,1-5H3,(H-,54,57,59,60)/b10-8-,16-14-,17-15+,21-20-,24-23-,39-37+. The van der Waals surface area contributed by atoms with Crippen LogP contribution in [-0.2, 0) is 18.4 Å². The van der Waals surface area contributed by atoms with Crippen molar-refractivity contribution in [2.75, 3.05) is 40.9 Å². The second kappa shape index (κ2) is 43.8. The molecule has 4 atom stereocenters. The molecule has 0 spiro atoms. The van der Waals surface area contributed by atoms with Crippen LogP contribution >= 0.6 is 7.82 Å². The normalized spacial score (nSPS) is 15.2. The number of likely N-dealkylation sites (N-methyl/N-ethyl adjacent to an activating group) is 1. The highest BCUT2D eigenvalue weighted by molar-refractivity contribution is 7.45. The number of carbonyl (C=O) groups is 1. The van der Waals surface area contributed by atoms with Gasteiger partial charge in [0, 0.05) is 6.42 Å². The van der Waals surface area contributed by atoms with Crippen LogP contribution in [0.25, 0.3) is 0 Å². The molecule has 0 aromatic carbocycles. The Labute approximate surface area is 387 Å².